The molecule has 0 aliphatic heterocycles. The van der Waals surface area contributed by atoms with Crippen LogP contribution in [0.15, 0.2) is 58.9 Å². The molecule has 132 valence electrons. The van der Waals surface area contributed by atoms with Gasteiger partial charge in [0.25, 0.3) is 0 Å². The highest BCUT2D eigenvalue weighted by Gasteiger charge is 2.08. The van der Waals surface area contributed by atoms with Crippen molar-refractivity contribution in [2.24, 2.45) is 0 Å². The van der Waals surface area contributed by atoms with Gasteiger partial charge in [0.1, 0.15) is 0 Å². The Hall–Kier alpha value is -2.15. The molecule has 1 heterocycles. The first kappa shape index (κ1) is 18.6. The normalized spacial score (nSPS) is 11.0. The molecule has 0 saturated heterocycles. The molecule has 0 bridgehead atoms. The topological polar surface area (TPSA) is 54.9 Å². The molecule has 0 saturated carbocycles. The number of nitrogens with one attached hydrogen (secondary N) is 1. The van der Waals surface area contributed by atoms with Gasteiger partial charge in [-0.3, -0.25) is 10.1 Å². The zero-order chi connectivity index (χ0) is 18.4. The van der Waals surface area contributed by atoms with Crippen LogP contribution in [0.4, 0.5) is 5.13 Å². The molecular weight excluding hydrogens is 386 g/mol. The van der Waals surface area contributed by atoms with Gasteiger partial charge in [-0.25, -0.2) is 0 Å². The van der Waals surface area contributed by atoms with E-state index in [0.717, 1.165) is 20.5 Å². The molecule has 3 aromatic rings. The Labute approximate surface area is 165 Å². The molecule has 1 N–H and O–H groups in total. The number of hydrogen-bond acceptors (Lipinski definition) is 5. The van der Waals surface area contributed by atoms with Gasteiger partial charge < -0.3 is 0 Å². The Morgan fingerprint density at radius 2 is 1.96 bits per heavy atom. The minimum atomic E-state index is -0.232. The van der Waals surface area contributed by atoms with Gasteiger partial charge in [0.15, 0.2) is 4.34 Å². The Bertz CT molecular complexity index is 923. The molecular formula is C19H16ClN3OS2. The van der Waals surface area contributed by atoms with Crippen molar-refractivity contribution in [2.75, 3.05) is 5.32 Å². The van der Waals surface area contributed by atoms with Crippen molar-refractivity contribution in [2.45, 2.75) is 17.0 Å². The van der Waals surface area contributed by atoms with E-state index in [-0.39, 0.29) is 5.91 Å². The summed E-state index contributed by atoms with van der Waals surface area (Å²) in [4.78, 5) is 12.0. The standard InChI is InChI=1S/C19H16ClN3OS2/c1-13-6-8-14(9-7-13)10-11-17(24)21-18-22-23-19(26-18)25-12-15-4-2-3-5-16(15)20/h2-11H,12H2,1H3,(H,21,22,24). The van der Waals surface area contributed by atoms with Crippen LogP contribution in [-0.4, -0.2) is 16.1 Å². The van der Waals surface area contributed by atoms with Gasteiger partial charge >= 0.3 is 0 Å². The fourth-order valence-electron chi connectivity index (χ4n) is 2.07. The van der Waals surface area contributed by atoms with E-state index in [0.29, 0.717) is 10.9 Å². The van der Waals surface area contributed by atoms with Crippen LogP contribution in [0.3, 0.4) is 0 Å². The van der Waals surface area contributed by atoms with Crippen LogP contribution in [0.1, 0.15) is 16.7 Å². The predicted molar refractivity (Wildman–Crippen MR) is 110 cm³/mol. The summed E-state index contributed by atoms with van der Waals surface area (Å²) in [5.74, 6) is 0.472. The summed E-state index contributed by atoms with van der Waals surface area (Å²) < 4.78 is 0.780. The molecule has 0 spiro atoms. The number of rotatable bonds is 6. The molecule has 7 heteroatoms. The summed E-state index contributed by atoms with van der Waals surface area (Å²) in [5, 5.41) is 12.0. The number of carbonyl (C=O) groups is 1. The molecule has 0 atom stereocenters. The van der Waals surface area contributed by atoms with E-state index in [1.165, 1.54) is 34.7 Å². The molecule has 0 fully saturated rings. The lowest BCUT2D eigenvalue weighted by Crippen LogP contribution is -2.07. The van der Waals surface area contributed by atoms with Crippen LogP contribution < -0.4 is 5.32 Å². The third-order valence-electron chi connectivity index (χ3n) is 3.45. The first-order chi connectivity index (χ1) is 12.6. The molecule has 0 unspecified atom stereocenters. The van der Waals surface area contributed by atoms with Gasteiger partial charge in [0.05, 0.1) is 0 Å². The molecule has 4 nitrogen and oxygen atoms in total. The maximum absolute atomic E-state index is 12.0. The largest absolute Gasteiger partial charge is 0.297 e. The number of aryl methyl sites for hydroxylation is 1. The minimum Gasteiger partial charge on any atom is -0.297 e. The predicted octanol–water partition coefficient (Wildman–Crippen LogP) is 5.44. The van der Waals surface area contributed by atoms with Crippen LogP contribution in [0.2, 0.25) is 5.02 Å². The average molecular weight is 402 g/mol. The second kappa shape index (κ2) is 8.98. The fraction of sp³-hybridized carbons (Fsp3) is 0.105. The smallest absolute Gasteiger partial charge is 0.250 e. The van der Waals surface area contributed by atoms with Crippen molar-refractivity contribution >= 4 is 51.8 Å². The van der Waals surface area contributed by atoms with Gasteiger partial charge in [-0.15, -0.1) is 10.2 Å². The van der Waals surface area contributed by atoms with Gasteiger partial charge in [0.2, 0.25) is 11.0 Å². The molecule has 0 aliphatic carbocycles. The molecule has 1 amide bonds. The van der Waals surface area contributed by atoms with Crippen molar-refractivity contribution in [3.63, 3.8) is 0 Å². The van der Waals surface area contributed by atoms with Crippen molar-refractivity contribution in [1.29, 1.82) is 0 Å². The molecule has 26 heavy (non-hydrogen) atoms. The van der Waals surface area contributed by atoms with Crippen molar-refractivity contribution in [3.8, 4) is 0 Å². The van der Waals surface area contributed by atoms with E-state index in [2.05, 4.69) is 15.5 Å². The summed E-state index contributed by atoms with van der Waals surface area (Å²) in [6.45, 7) is 2.02. The lowest BCUT2D eigenvalue weighted by atomic mass is 10.1. The van der Waals surface area contributed by atoms with Crippen LogP contribution in [-0.2, 0) is 10.5 Å². The molecule has 0 aliphatic rings. The number of carbonyl (C=O) groups excluding carboxylic acids is 1. The Balaban J connectivity index is 1.53. The van der Waals surface area contributed by atoms with Crippen molar-refractivity contribution < 1.29 is 4.79 Å². The first-order valence-corrected chi connectivity index (χ1v) is 10.0. The second-order valence-corrected chi connectivity index (χ2v) is 8.09. The maximum Gasteiger partial charge on any atom is 0.250 e. The number of nitrogens with zero attached hydrogens (tertiary/aromatic N) is 2. The van der Waals surface area contributed by atoms with E-state index in [4.69, 9.17) is 11.6 Å². The number of halogens is 1. The number of amides is 1. The monoisotopic (exact) mass is 401 g/mol. The number of thioether (sulfide) groups is 1. The highest BCUT2D eigenvalue weighted by atomic mass is 35.5. The second-order valence-electron chi connectivity index (χ2n) is 5.49. The van der Waals surface area contributed by atoms with Crippen LogP contribution in [0.5, 0.6) is 0 Å². The van der Waals surface area contributed by atoms with E-state index in [9.17, 15) is 4.79 Å². The highest BCUT2D eigenvalue weighted by Crippen LogP contribution is 2.30. The van der Waals surface area contributed by atoms with E-state index in [1.54, 1.807) is 6.08 Å². The average Bonchev–Trinajstić information content (AvgIpc) is 3.08. The van der Waals surface area contributed by atoms with Gasteiger partial charge in [-0.05, 0) is 30.2 Å². The Morgan fingerprint density at radius 3 is 2.73 bits per heavy atom. The van der Waals surface area contributed by atoms with Crippen LogP contribution >= 0.6 is 34.7 Å². The zero-order valence-corrected chi connectivity index (χ0v) is 16.4. The molecule has 2 aromatic carbocycles. The quantitative estimate of drug-likeness (QED) is 0.339. The summed E-state index contributed by atoms with van der Waals surface area (Å²) >= 11 is 9.03. The number of anilines is 1. The minimum absolute atomic E-state index is 0.232. The molecule has 0 radical (unpaired) electrons. The van der Waals surface area contributed by atoms with E-state index >= 15 is 0 Å². The Morgan fingerprint density at radius 1 is 1.19 bits per heavy atom. The third kappa shape index (κ3) is 5.42. The summed E-state index contributed by atoms with van der Waals surface area (Å²) in [6.07, 6.45) is 3.26. The summed E-state index contributed by atoms with van der Waals surface area (Å²) in [7, 11) is 0. The van der Waals surface area contributed by atoms with E-state index in [1.807, 2.05) is 55.5 Å². The molecule has 1 aromatic heterocycles. The lowest BCUT2D eigenvalue weighted by molar-refractivity contribution is -0.111. The number of aromatic nitrogens is 2. The number of benzene rings is 2. The van der Waals surface area contributed by atoms with Gasteiger partial charge in [-0.2, -0.15) is 0 Å². The van der Waals surface area contributed by atoms with Gasteiger partial charge in [0, 0.05) is 16.9 Å². The SMILES string of the molecule is Cc1ccc(C=CC(=O)Nc2nnc(SCc3ccccc3Cl)s2)cc1. The summed E-state index contributed by atoms with van der Waals surface area (Å²) in [5.41, 5.74) is 3.20. The number of hydrogen-bond donors (Lipinski definition) is 1. The van der Waals surface area contributed by atoms with Crippen LogP contribution in [0, 0.1) is 6.92 Å². The third-order valence-corrected chi connectivity index (χ3v) is 5.84. The van der Waals surface area contributed by atoms with Crippen molar-refractivity contribution in [1.82, 2.24) is 10.2 Å². The zero-order valence-electron chi connectivity index (χ0n) is 14.0. The fourth-order valence-corrected chi connectivity index (χ4v) is 4.11. The van der Waals surface area contributed by atoms with Crippen LogP contribution in [0.25, 0.3) is 6.08 Å². The Kier molecular flexibility index (Phi) is 6.44. The highest BCUT2D eigenvalue weighted by molar-refractivity contribution is 8.00. The lowest BCUT2D eigenvalue weighted by Gasteiger charge is -2.00. The summed E-state index contributed by atoms with van der Waals surface area (Å²) in [6, 6.07) is 15.6. The first-order valence-electron chi connectivity index (χ1n) is 7.85. The van der Waals surface area contributed by atoms with E-state index < -0.39 is 0 Å². The molecule has 3 rings (SSSR count). The van der Waals surface area contributed by atoms with Gasteiger partial charge in [-0.1, -0.05) is 82.7 Å². The van der Waals surface area contributed by atoms with Crippen molar-refractivity contribution in [3.05, 3.63) is 76.3 Å². The maximum atomic E-state index is 12.0.